The molecule has 6 nitrogen and oxygen atoms in total. The molecule has 0 amide bonds. The molecule has 15 aromatic rings. The van der Waals surface area contributed by atoms with E-state index in [9.17, 15) is 0 Å². The predicted molar refractivity (Wildman–Crippen MR) is 248 cm³/mol. The highest BCUT2D eigenvalue weighted by Gasteiger charge is 2.28. The molecule has 0 aliphatic heterocycles. The average Bonchev–Trinajstić information content (AvgIpc) is 4.10. The first-order chi connectivity index (χ1) is 29.8. The molecule has 0 unspecified atom stereocenters. The molecule has 0 N–H and O–H groups in total. The van der Waals surface area contributed by atoms with E-state index in [2.05, 4.69) is 177 Å². The van der Waals surface area contributed by atoms with Gasteiger partial charge in [0.25, 0.3) is 0 Å². The van der Waals surface area contributed by atoms with Crippen molar-refractivity contribution in [3.05, 3.63) is 176 Å². The van der Waals surface area contributed by atoms with Crippen LogP contribution in [0.1, 0.15) is 0 Å². The van der Waals surface area contributed by atoms with Crippen LogP contribution in [-0.2, 0) is 0 Å². The van der Waals surface area contributed by atoms with Gasteiger partial charge in [0, 0.05) is 48.5 Å². The molecule has 0 bridgehead atoms. The van der Waals surface area contributed by atoms with E-state index >= 15 is 0 Å². The van der Waals surface area contributed by atoms with Crippen LogP contribution in [0.3, 0.4) is 0 Å². The number of hydrogen-bond acceptors (Lipinski definition) is 3. The minimum atomic E-state index is 0.593. The van der Waals surface area contributed by atoms with Crippen molar-refractivity contribution in [1.82, 2.24) is 23.5 Å². The van der Waals surface area contributed by atoms with Crippen molar-refractivity contribution in [1.29, 1.82) is 0 Å². The maximum absolute atomic E-state index is 6.81. The van der Waals surface area contributed by atoms with E-state index in [0.29, 0.717) is 17.3 Å². The fourth-order valence-corrected chi connectivity index (χ4v) is 10.7. The third-order valence-corrected chi connectivity index (χ3v) is 13.1. The Hall–Kier alpha value is -8.22. The van der Waals surface area contributed by atoms with E-state index in [-0.39, 0.29) is 0 Å². The summed E-state index contributed by atoms with van der Waals surface area (Å²) in [5.74, 6) is 1.30. The zero-order valence-electron chi connectivity index (χ0n) is 31.9. The summed E-state index contributed by atoms with van der Waals surface area (Å²) in [5.41, 5.74) is 10.1. The minimum absolute atomic E-state index is 0.593. The van der Waals surface area contributed by atoms with Gasteiger partial charge >= 0.3 is 0 Å². The van der Waals surface area contributed by atoms with Gasteiger partial charge in [-0.2, -0.15) is 4.98 Å². The van der Waals surface area contributed by atoms with E-state index < -0.39 is 0 Å². The molecule has 6 heterocycles. The number of fused-ring (bicyclic) bond motifs is 19. The van der Waals surface area contributed by atoms with Gasteiger partial charge in [-0.1, -0.05) is 121 Å². The van der Waals surface area contributed by atoms with E-state index in [4.69, 9.17) is 14.4 Å². The summed E-state index contributed by atoms with van der Waals surface area (Å²) in [6.07, 6.45) is 0. The van der Waals surface area contributed by atoms with Gasteiger partial charge in [0.2, 0.25) is 5.95 Å². The second-order valence-electron chi connectivity index (χ2n) is 16.1. The molecular formula is C54H29N5O. The van der Waals surface area contributed by atoms with Crippen molar-refractivity contribution < 1.29 is 4.42 Å². The maximum atomic E-state index is 6.81. The van der Waals surface area contributed by atoms with Gasteiger partial charge in [0.1, 0.15) is 11.1 Å². The molecule has 0 aliphatic rings. The summed E-state index contributed by atoms with van der Waals surface area (Å²) < 4.78 is 13.9. The summed E-state index contributed by atoms with van der Waals surface area (Å²) in [6, 6.07) is 63.3. The molecule has 0 aliphatic carbocycles. The Balaban J connectivity index is 1.16. The minimum Gasteiger partial charge on any atom is -0.450 e. The van der Waals surface area contributed by atoms with E-state index in [1.807, 2.05) is 12.1 Å². The lowest BCUT2D eigenvalue weighted by Crippen LogP contribution is -2.06. The lowest BCUT2D eigenvalue weighted by atomic mass is 10.0. The lowest BCUT2D eigenvalue weighted by molar-refractivity contribution is 0.661. The monoisotopic (exact) mass is 763 g/mol. The Kier molecular flexibility index (Phi) is 5.57. The Labute approximate surface area is 339 Å². The first-order valence-corrected chi connectivity index (χ1v) is 20.4. The first kappa shape index (κ1) is 30.9. The standard InChI is InChI=1S/C54H29N5O/c1-2-15-32-28-45-38(27-31(32)14-1)40-29-39-34-17-5-9-21-41(34)59(51(39)48-36-19-7-10-22-42(36)57(45)50(40)48)54-55-49-37-20-8-12-24-46(37)60-52(49)53(56-54)58-43-23-11-6-18-35(43)47-33-16-4-3-13-30(33)25-26-44(47)58/h1-29H. The van der Waals surface area contributed by atoms with Gasteiger partial charge < -0.3 is 8.82 Å². The van der Waals surface area contributed by atoms with Crippen molar-refractivity contribution in [2.24, 2.45) is 0 Å². The molecule has 15 rings (SSSR count). The number of hydrogen-bond donors (Lipinski definition) is 0. The van der Waals surface area contributed by atoms with Gasteiger partial charge in [-0.15, -0.1) is 0 Å². The fourth-order valence-electron chi connectivity index (χ4n) is 10.7. The number of rotatable bonds is 2. The third kappa shape index (κ3) is 3.71. The van der Waals surface area contributed by atoms with Gasteiger partial charge in [-0.05, 0) is 76.1 Å². The van der Waals surface area contributed by atoms with E-state index in [1.54, 1.807) is 0 Å². The summed E-state index contributed by atoms with van der Waals surface area (Å²) in [7, 11) is 0. The summed E-state index contributed by atoms with van der Waals surface area (Å²) in [6.45, 7) is 0. The zero-order chi connectivity index (χ0) is 38.8. The first-order valence-electron chi connectivity index (χ1n) is 20.4. The van der Waals surface area contributed by atoms with Gasteiger partial charge in [0.05, 0.1) is 38.6 Å². The summed E-state index contributed by atoms with van der Waals surface area (Å²) >= 11 is 0. The number of para-hydroxylation sites is 4. The quantitative estimate of drug-likeness (QED) is 0.176. The van der Waals surface area contributed by atoms with Crippen LogP contribution in [0, 0.1) is 0 Å². The Morgan fingerprint density at radius 2 is 0.983 bits per heavy atom. The van der Waals surface area contributed by atoms with E-state index in [0.717, 1.165) is 43.9 Å². The number of furan rings is 1. The molecule has 0 fully saturated rings. The van der Waals surface area contributed by atoms with Crippen LogP contribution in [0.15, 0.2) is 180 Å². The van der Waals surface area contributed by atoms with Crippen LogP contribution in [0.5, 0.6) is 0 Å². The van der Waals surface area contributed by atoms with Crippen LogP contribution < -0.4 is 0 Å². The average molecular weight is 764 g/mol. The Bertz CT molecular complexity index is 4370. The molecule has 9 aromatic carbocycles. The molecule has 6 aromatic heterocycles. The fraction of sp³-hybridized carbons (Fsp3) is 0. The summed E-state index contributed by atoms with van der Waals surface area (Å²) in [4.78, 5) is 11.2. The molecule has 0 spiro atoms. The number of benzene rings is 9. The Morgan fingerprint density at radius 3 is 1.80 bits per heavy atom. The molecule has 0 radical (unpaired) electrons. The van der Waals surface area contributed by atoms with Crippen LogP contribution >= 0.6 is 0 Å². The normalized spacial score (nSPS) is 12.7. The number of nitrogens with zero attached hydrogens (tertiary/aromatic N) is 5. The van der Waals surface area contributed by atoms with Crippen LogP contribution in [-0.4, -0.2) is 23.5 Å². The van der Waals surface area contributed by atoms with Crippen molar-refractivity contribution in [3.63, 3.8) is 0 Å². The summed E-state index contributed by atoms with van der Waals surface area (Å²) in [5, 5.41) is 15.4. The van der Waals surface area contributed by atoms with E-state index in [1.165, 1.54) is 75.8 Å². The zero-order valence-corrected chi connectivity index (χ0v) is 31.9. The molecule has 0 atom stereocenters. The largest absolute Gasteiger partial charge is 0.450 e. The molecule has 276 valence electrons. The molecule has 0 saturated carbocycles. The van der Waals surface area contributed by atoms with Crippen molar-refractivity contribution >= 4 is 125 Å². The molecular weight excluding hydrogens is 735 g/mol. The predicted octanol–water partition coefficient (Wildman–Crippen LogP) is 14.0. The third-order valence-electron chi connectivity index (χ3n) is 13.1. The molecule has 6 heteroatoms. The van der Waals surface area contributed by atoms with Crippen molar-refractivity contribution in [2.75, 3.05) is 0 Å². The van der Waals surface area contributed by atoms with Crippen LogP contribution in [0.4, 0.5) is 0 Å². The van der Waals surface area contributed by atoms with Crippen LogP contribution in [0.2, 0.25) is 0 Å². The lowest BCUT2D eigenvalue weighted by Gasteiger charge is -2.12. The van der Waals surface area contributed by atoms with Crippen molar-refractivity contribution in [2.45, 2.75) is 0 Å². The maximum Gasteiger partial charge on any atom is 0.237 e. The number of aromatic nitrogens is 5. The van der Waals surface area contributed by atoms with Gasteiger partial charge in [0.15, 0.2) is 11.4 Å². The second kappa shape index (κ2) is 10.8. The highest BCUT2D eigenvalue weighted by Crippen LogP contribution is 2.47. The molecule has 60 heavy (non-hydrogen) atoms. The van der Waals surface area contributed by atoms with Crippen molar-refractivity contribution in [3.8, 4) is 11.8 Å². The topological polar surface area (TPSA) is 53.2 Å². The smallest absolute Gasteiger partial charge is 0.237 e. The Morgan fingerprint density at radius 1 is 0.367 bits per heavy atom. The van der Waals surface area contributed by atoms with Gasteiger partial charge in [-0.3, -0.25) is 9.13 Å². The highest BCUT2D eigenvalue weighted by molar-refractivity contribution is 6.34. The van der Waals surface area contributed by atoms with Gasteiger partial charge in [-0.25, -0.2) is 4.98 Å². The SMILES string of the molecule is c1ccc2cc3c(cc2c1)c1cc2c4ccccc4n(-c4nc(-n5c6ccccc6c6c7ccccc7ccc65)c5oc6ccccc6c5n4)c2c2c4ccccc4n3c12. The second-order valence-corrected chi connectivity index (χ2v) is 16.1. The highest BCUT2D eigenvalue weighted by atomic mass is 16.3. The van der Waals surface area contributed by atoms with Crippen LogP contribution in [0.25, 0.3) is 137 Å². The molecule has 0 saturated heterocycles.